The van der Waals surface area contributed by atoms with Crippen LogP contribution < -0.4 is 47.9 Å². The van der Waals surface area contributed by atoms with Crippen molar-refractivity contribution in [2.24, 2.45) is 0 Å². The van der Waals surface area contributed by atoms with Crippen LogP contribution in [0.2, 0.25) is 5.02 Å². The topological polar surface area (TPSA) is 187 Å². The molecule has 3 saturated heterocycles. The number of alkyl halides is 3. The number of urea groups is 3. The summed E-state index contributed by atoms with van der Waals surface area (Å²) in [4.78, 5) is 36.0. The highest BCUT2D eigenvalue weighted by Gasteiger charge is 2.30. The molecule has 6 aromatic rings. The van der Waals surface area contributed by atoms with Gasteiger partial charge in [-0.2, -0.15) is 13.2 Å². The number of rotatable bonds is 9. The van der Waals surface area contributed by atoms with Crippen molar-refractivity contribution in [3.05, 3.63) is 178 Å². The van der Waals surface area contributed by atoms with E-state index in [2.05, 4.69) is 47.9 Å². The van der Waals surface area contributed by atoms with Crippen LogP contribution in [0.1, 0.15) is 46.1 Å². The molecular weight excluding hydrogens is 951 g/mol. The van der Waals surface area contributed by atoms with Gasteiger partial charge in [0.15, 0.2) is 0 Å². The molecule has 3 atom stereocenters. The zero-order chi connectivity index (χ0) is 50.7. The smallest absolute Gasteiger partial charge is 0.371 e. The maximum absolute atomic E-state index is 12.5. The molecule has 0 aliphatic carbocycles. The minimum Gasteiger partial charge on any atom is -0.371 e. The Morgan fingerprint density at radius 1 is 0.486 bits per heavy atom. The number of hydrogen-bond donors (Lipinski definition) is 9. The van der Waals surface area contributed by atoms with Crippen LogP contribution in [0, 0.1) is 6.92 Å². The number of anilines is 6. The molecule has 6 aromatic carbocycles. The molecule has 9 N–H and O–H groups in total. The molecule has 6 amide bonds. The van der Waals surface area contributed by atoms with Gasteiger partial charge >= 0.3 is 24.3 Å². The van der Waals surface area contributed by atoms with E-state index in [1.807, 2.05) is 104 Å². The van der Waals surface area contributed by atoms with Crippen LogP contribution in [-0.4, -0.2) is 77.2 Å². The number of carbonyl (C=O) groups excluding carboxylic acids is 3. The Hall–Kier alpha value is -7.03. The van der Waals surface area contributed by atoms with E-state index in [1.165, 1.54) is 12.1 Å². The Bertz CT molecular complexity index is 2660. The number of morpholine rings is 3. The first-order chi connectivity index (χ1) is 34.8. The summed E-state index contributed by atoms with van der Waals surface area (Å²) >= 11 is 6.02. The summed E-state index contributed by atoms with van der Waals surface area (Å²) in [6.45, 7) is 9.06. The standard InChI is InChI=1S/C18H18F3N3O2.C18H21N3O2.C17H18ClN3O2/c19-18(20,21)13-3-7-15(8-4-13)24-17(25)23-14-5-1-12(2-6-14)16-11-22-9-10-26-16;1-13-3-2-4-16(11-13)21-18(22)20-15-7-5-14(6-8-15)17-12-19-9-10-23-17;18-14-3-1-2-4-15(14)21-17(22)20-13-7-5-12(6-8-13)16-11-19-9-10-23-16/h1-8,16,22H,9-11H2,(H2,23,24,25);2-8,11,17,19H,9-10,12H2,1H3,(H2,20,21,22);1-8,16,19H,9-11H2,(H2,20,21,22)/t16-;;/m0../s1. The number of halogens is 4. The summed E-state index contributed by atoms with van der Waals surface area (Å²) in [6.07, 6.45) is -4.27. The van der Waals surface area contributed by atoms with Gasteiger partial charge in [-0.3, -0.25) is 0 Å². The zero-order valence-electron chi connectivity index (χ0n) is 39.4. The van der Waals surface area contributed by atoms with Crippen molar-refractivity contribution in [3.8, 4) is 0 Å². The molecule has 0 radical (unpaired) electrons. The molecule has 0 aromatic heterocycles. The molecule has 378 valence electrons. The Morgan fingerprint density at radius 3 is 1.22 bits per heavy atom. The Labute approximate surface area is 420 Å². The van der Waals surface area contributed by atoms with Gasteiger partial charge in [0.2, 0.25) is 0 Å². The number of carbonyl (C=O) groups is 3. The van der Waals surface area contributed by atoms with Gasteiger partial charge in [-0.15, -0.1) is 0 Å². The number of aryl methyl sites for hydroxylation is 1. The van der Waals surface area contributed by atoms with E-state index >= 15 is 0 Å². The van der Waals surface area contributed by atoms with Gasteiger partial charge in [-0.05, 0) is 114 Å². The van der Waals surface area contributed by atoms with Crippen LogP contribution in [0.3, 0.4) is 0 Å². The first-order valence-electron chi connectivity index (χ1n) is 23.3. The lowest BCUT2D eigenvalue weighted by atomic mass is 10.1. The SMILES string of the molecule is Cc1cccc(NC(=O)Nc2ccc(C3CNCCO3)cc2)c1.O=C(Nc1ccc(C2CNCCO2)cc1)Nc1ccccc1Cl.O=C(Nc1ccc([C@@H]2CNCCO2)cc1)Nc1ccc(C(F)(F)F)cc1. The fourth-order valence-electron chi connectivity index (χ4n) is 7.58. The van der Waals surface area contributed by atoms with E-state index in [1.54, 1.807) is 24.3 Å². The third-order valence-electron chi connectivity index (χ3n) is 11.3. The Balaban J connectivity index is 0.000000159. The lowest BCUT2D eigenvalue weighted by Crippen LogP contribution is -2.33. The summed E-state index contributed by atoms with van der Waals surface area (Å²) in [5.41, 5.74) is 7.21. The van der Waals surface area contributed by atoms with Crippen LogP contribution in [0.25, 0.3) is 0 Å². The van der Waals surface area contributed by atoms with Crippen molar-refractivity contribution in [2.75, 3.05) is 91.0 Å². The molecule has 19 heteroatoms. The van der Waals surface area contributed by atoms with Gasteiger partial charge in [0.25, 0.3) is 0 Å². The van der Waals surface area contributed by atoms with E-state index in [0.717, 1.165) is 91.6 Å². The second kappa shape index (κ2) is 26.4. The van der Waals surface area contributed by atoms with Crippen LogP contribution >= 0.6 is 11.6 Å². The summed E-state index contributed by atoms with van der Waals surface area (Å²) in [5.74, 6) is 0. The third-order valence-corrected chi connectivity index (χ3v) is 11.6. The Kier molecular flexibility index (Phi) is 19.4. The van der Waals surface area contributed by atoms with E-state index in [9.17, 15) is 27.6 Å². The minimum absolute atomic E-state index is 0.0150. The lowest BCUT2D eigenvalue weighted by Gasteiger charge is -2.24. The summed E-state index contributed by atoms with van der Waals surface area (Å²) in [5, 5.41) is 26.6. The summed E-state index contributed by atoms with van der Waals surface area (Å²) < 4.78 is 54.6. The number of hydrogen-bond acceptors (Lipinski definition) is 9. The monoisotopic (exact) mass is 1010 g/mol. The largest absolute Gasteiger partial charge is 0.416 e. The molecule has 72 heavy (non-hydrogen) atoms. The lowest BCUT2D eigenvalue weighted by molar-refractivity contribution is -0.137. The molecule has 3 fully saturated rings. The predicted molar refractivity (Wildman–Crippen MR) is 276 cm³/mol. The van der Waals surface area contributed by atoms with Gasteiger partial charge in [-0.25, -0.2) is 14.4 Å². The molecular formula is C53H57ClF3N9O6. The highest BCUT2D eigenvalue weighted by Crippen LogP contribution is 2.30. The van der Waals surface area contributed by atoms with E-state index in [4.69, 9.17) is 25.8 Å². The zero-order valence-corrected chi connectivity index (χ0v) is 40.2. The van der Waals surface area contributed by atoms with Crippen molar-refractivity contribution in [2.45, 2.75) is 31.4 Å². The van der Waals surface area contributed by atoms with E-state index in [0.29, 0.717) is 35.3 Å². The maximum atomic E-state index is 12.5. The second-order valence-corrected chi connectivity index (χ2v) is 17.1. The minimum atomic E-state index is -4.40. The highest BCUT2D eigenvalue weighted by atomic mass is 35.5. The van der Waals surface area contributed by atoms with Crippen molar-refractivity contribution >= 4 is 63.8 Å². The molecule has 0 saturated carbocycles. The van der Waals surface area contributed by atoms with Gasteiger partial charge in [0, 0.05) is 67.7 Å². The normalized spacial score (nSPS) is 17.5. The average Bonchev–Trinajstić information content (AvgIpc) is 3.39. The summed E-state index contributed by atoms with van der Waals surface area (Å²) in [6, 6.07) is 40.6. The average molecular weight is 1010 g/mol. The fourth-order valence-corrected chi connectivity index (χ4v) is 7.76. The number of nitrogens with one attached hydrogen (secondary N) is 9. The number of ether oxygens (including phenoxy) is 3. The quantitative estimate of drug-likeness (QED) is 0.0679. The molecule has 2 unspecified atom stereocenters. The Morgan fingerprint density at radius 2 is 0.861 bits per heavy atom. The predicted octanol–water partition coefficient (Wildman–Crippen LogP) is 11.0. The van der Waals surface area contributed by atoms with Crippen LogP contribution in [0.5, 0.6) is 0 Å². The van der Waals surface area contributed by atoms with Crippen molar-refractivity contribution in [1.82, 2.24) is 16.0 Å². The highest BCUT2D eigenvalue weighted by molar-refractivity contribution is 6.33. The molecule has 0 bridgehead atoms. The van der Waals surface area contributed by atoms with Gasteiger partial charge < -0.3 is 62.1 Å². The molecule has 3 heterocycles. The van der Waals surface area contributed by atoms with Crippen molar-refractivity contribution < 1.29 is 41.8 Å². The van der Waals surface area contributed by atoms with Crippen LogP contribution in [-0.2, 0) is 20.4 Å². The van der Waals surface area contributed by atoms with Gasteiger partial charge in [0.05, 0.1) is 54.4 Å². The van der Waals surface area contributed by atoms with E-state index < -0.39 is 17.8 Å². The van der Waals surface area contributed by atoms with Gasteiger partial charge in [0.1, 0.15) is 0 Å². The summed E-state index contributed by atoms with van der Waals surface area (Å²) in [7, 11) is 0. The molecule has 15 nitrogen and oxygen atoms in total. The van der Waals surface area contributed by atoms with E-state index in [-0.39, 0.29) is 36.1 Å². The van der Waals surface area contributed by atoms with Gasteiger partial charge in [-0.1, -0.05) is 72.3 Å². The van der Waals surface area contributed by atoms with Crippen LogP contribution in [0.15, 0.2) is 146 Å². The van der Waals surface area contributed by atoms with Crippen molar-refractivity contribution in [1.29, 1.82) is 0 Å². The molecule has 9 rings (SSSR count). The number of benzene rings is 6. The van der Waals surface area contributed by atoms with Crippen molar-refractivity contribution in [3.63, 3.8) is 0 Å². The van der Waals surface area contributed by atoms with Crippen LogP contribution in [0.4, 0.5) is 61.7 Å². The maximum Gasteiger partial charge on any atom is 0.416 e. The first kappa shape index (κ1) is 52.8. The molecule has 3 aliphatic rings. The molecule has 3 aliphatic heterocycles. The second-order valence-electron chi connectivity index (χ2n) is 16.7. The third kappa shape index (κ3) is 16.8. The number of para-hydroxylation sites is 1. The number of amides is 6. The molecule has 0 spiro atoms. The first-order valence-corrected chi connectivity index (χ1v) is 23.7. The fraction of sp³-hybridized carbons (Fsp3) is 0.264.